The molecule has 9 heteroatoms. The van der Waals surface area contributed by atoms with Crippen molar-refractivity contribution in [1.29, 1.82) is 0 Å². The van der Waals surface area contributed by atoms with Crippen LogP contribution in [0.2, 0.25) is 5.02 Å². The lowest BCUT2D eigenvalue weighted by Crippen LogP contribution is -2.29. The molecule has 0 aliphatic carbocycles. The molecule has 0 atom stereocenters. The van der Waals surface area contributed by atoms with Crippen molar-refractivity contribution in [3.63, 3.8) is 0 Å². The molecule has 1 amide bonds. The number of carbonyl (C=O) groups excluding carboxylic acids is 1. The average Bonchev–Trinajstić information content (AvgIpc) is 3.17. The topological polar surface area (TPSA) is 101 Å². The number of hydrogen-bond acceptors (Lipinski definition) is 6. The Kier molecular flexibility index (Phi) is 5.37. The number of aryl methyl sites for hydroxylation is 1. The number of nitrogens with one attached hydrogen (secondary N) is 1. The predicted octanol–water partition coefficient (Wildman–Crippen LogP) is 3.61. The van der Waals surface area contributed by atoms with Crippen molar-refractivity contribution >= 4 is 29.2 Å². The lowest BCUT2D eigenvalue weighted by Gasteiger charge is -2.18. The Labute approximate surface area is 195 Å². The van der Waals surface area contributed by atoms with Crippen molar-refractivity contribution in [2.24, 2.45) is 10.9 Å². The number of fused-ring (bicyclic) bond motifs is 3. The zero-order valence-electron chi connectivity index (χ0n) is 17.7. The van der Waals surface area contributed by atoms with Crippen LogP contribution in [0, 0.1) is 6.92 Å². The molecule has 8 nitrogen and oxygen atoms in total. The van der Waals surface area contributed by atoms with Crippen LogP contribution in [-0.2, 0) is 6.54 Å². The van der Waals surface area contributed by atoms with E-state index in [2.05, 4.69) is 15.6 Å². The maximum Gasteiger partial charge on any atom is 0.265 e. The molecular weight excluding hydrogens is 438 g/mol. The van der Waals surface area contributed by atoms with Crippen molar-refractivity contribution in [2.45, 2.75) is 13.5 Å². The Morgan fingerprint density at radius 2 is 1.73 bits per heavy atom. The first kappa shape index (κ1) is 20.9. The van der Waals surface area contributed by atoms with E-state index in [1.807, 2.05) is 77.2 Å². The number of nitrogen functional groups attached to an aromatic ring is 1. The summed E-state index contributed by atoms with van der Waals surface area (Å²) < 4.78 is 2.00. The van der Waals surface area contributed by atoms with Crippen LogP contribution in [0.15, 0.2) is 77.9 Å². The number of hydrazone groups is 1. The van der Waals surface area contributed by atoms with Crippen LogP contribution in [0.1, 0.15) is 32.9 Å². The fourth-order valence-corrected chi connectivity index (χ4v) is 3.96. The highest BCUT2D eigenvalue weighted by molar-refractivity contribution is 6.30. The number of aromatic nitrogens is 3. The second-order valence-corrected chi connectivity index (χ2v) is 8.02. The van der Waals surface area contributed by atoms with Crippen molar-refractivity contribution < 1.29 is 4.79 Å². The van der Waals surface area contributed by atoms with Crippen LogP contribution in [-0.4, -0.2) is 26.4 Å². The normalized spacial score (nSPS) is 12.5. The largest absolute Gasteiger partial charge is 0.290 e. The minimum Gasteiger partial charge on any atom is -0.290 e. The summed E-state index contributed by atoms with van der Waals surface area (Å²) in [6.45, 7) is 2.34. The van der Waals surface area contributed by atoms with Crippen LogP contribution >= 0.6 is 11.6 Å². The first-order valence-corrected chi connectivity index (χ1v) is 10.7. The second kappa shape index (κ2) is 8.50. The van der Waals surface area contributed by atoms with E-state index in [-0.39, 0.29) is 5.91 Å². The van der Waals surface area contributed by atoms with Crippen LogP contribution in [0.4, 0.5) is 5.95 Å². The Morgan fingerprint density at radius 1 is 1.00 bits per heavy atom. The molecule has 164 valence electrons. The third kappa shape index (κ3) is 3.86. The quantitative estimate of drug-likeness (QED) is 0.277. The fourth-order valence-electron chi connectivity index (χ4n) is 3.83. The van der Waals surface area contributed by atoms with Gasteiger partial charge in [-0.25, -0.2) is 10.9 Å². The molecule has 0 radical (unpaired) electrons. The van der Waals surface area contributed by atoms with E-state index in [1.165, 1.54) is 0 Å². The highest BCUT2D eigenvalue weighted by Crippen LogP contribution is 2.30. The molecule has 1 aromatic heterocycles. The number of nitrogens with two attached hydrogens (primary N) is 1. The van der Waals surface area contributed by atoms with Gasteiger partial charge in [0, 0.05) is 21.7 Å². The van der Waals surface area contributed by atoms with Gasteiger partial charge < -0.3 is 0 Å². The van der Waals surface area contributed by atoms with Gasteiger partial charge in [0.25, 0.3) is 11.9 Å². The van der Waals surface area contributed by atoms with Crippen LogP contribution in [0.3, 0.4) is 0 Å². The van der Waals surface area contributed by atoms with Crippen LogP contribution in [0.25, 0.3) is 5.69 Å². The number of amides is 1. The zero-order valence-corrected chi connectivity index (χ0v) is 18.5. The summed E-state index contributed by atoms with van der Waals surface area (Å²) >= 11 is 6.13. The maximum absolute atomic E-state index is 11.8. The van der Waals surface area contributed by atoms with Crippen molar-refractivity contribution in [2.75, 3.05) is 5.01 Å². The van der Waals surface area contributed by atoms with Crippen molar-refractivity contribution in [3.05, 3.63) is 106 Å². The molecule has 2 heterocycles. The number of hydrogen-bond donors (Lipinski definition) is 2. The number of hydrazine groups is 1. The summed E-state index contributed by atoms with van der Waals surface area (Å²) in [5.41, 5.74) is 7.20. The fraction of sp³-hybridized carbons (Fsp3) is 0.0833. The molecule has 4 aromatic rings. The van der Waals surface area contributed by atoms with E-state index in [1.54, 1.807) is 12.1 Å². The summed E-state index contributed by atoms with van der Waals surface area (Å²) in [6.07, 6.45) is 0. The van der Waals surface area contributed by atoms with E-state index in [9.17, 15) is 4.79 Å². The Bertz CT molecular complexity index is 1360. The molecule has 5 rings (SSSR count). The van der Waals surface area contributed by atoms with E-state index >= 15 is 0 Å². The van der Waals surface area contributed by atoms with Gasteiger partial charge in [0.15, 0.2) is 0 Å². The summed E-state index contributed by atoms with van der Waals surface area (Å²) in [6, 6.07) is 22.8. The number of para-hydroxylation sites is 1. The maximum atomic E-state index is 11.8. The number of carbonyl (C=O) groups is 1. The molecule has 0 unspecified atom stereocenters. The third-order valence-electron chi connectivity index (χ3n) is 5.46. The first-order chi connectivity index (χ1) is 16.0. The minimum atomic E-state index is -0.342. The lowest BCUT2D eigenvalue weighted by molar-refractivity contribution is 0.0953. The summed E-state index contributed by atoms with van der Waals surface area (Å²) in [7, 11) is 0. The molecular formula is C24H20ClN7O. The summed E-state index contributed by atoms with van der Waals surface area (Å²) in [5.74, 6) is 6.25. The standard InChI is InChI=1S/C24H20ClN7O/c1-15-28-29-24-31(14-16-6-8-18(9-7-16)23(33)27-26)30-22(17-10-12-19(25)13-11-17)20-4-2-3-5-21(20)32(15)24/h2-13H,14,26H2,1H3,(H,27,33). The van der Waals surface area contributed by atoms with Gasteiger partial charge in [0.2, 0.25) is 0 Å². The van der Waals surface area contributed by atoms with Crippen LogP contribution in [0.5, 0.6) is 0 Å². The number of halogens is 1. The molecule has 0 bridgehead atoms. The van der Waals surface area contributed by atoms with E-state index < -0.39 is 0 Å². The minimum absolute atomic E-state index is 0.342. The molecule has 3 N–H and O–H groups in total. The summed E-state index contributed by atoms with van der Waals surface area (Å²) in [4.78, 5) is 11.8. The monoisotopic (exact) mass is 457 g/mol. The Balaban J connectivity index is 1.64. The zero-order chi connectivity index (χ0) is 22.9. The van der Waals surface area contributed by atoms with Crippen molar-refractivity contribution in [3.8, 4) is 5.69 Å². The smallest absolute Gasteiger partial charge is 0.265 e. The predicted molar refractivity (Wildman–Crippen MR) is 127 cm³/mol. The van der Waals surface area contributed by atoms with Crippen LogP contribution < -0.4 is 16.3 Å². The molecule has 1 aliphatic heterocycles. The van der Waals surface area contributed by atoms with Gasteiger partial charge >= 0.3 is 0 Å². The van der Waals surface area contributed by atoms with Gasteiger partial charge in [-0.2, -0.15) is 5.10 Å². The molecule has 1 aliphatic rings. The molecule has 0 saturated carbocycles. The highest BCUT2D eigenvalue weighted by atomic mass is 35.5. The number of rotatable bonds is 4. The molecule has 0 spiro atoms. The molecule has 0 saturated heterocycles. The first-order valence-electron chi connectivity index (χ1n) is 10.3. The molecule has 3 aromatic carbocycles. The summed E-state index contributed by atoms with van der Waals surface area (Å²) in [5, 5.41) is 16.2. The highest BCUT2D eigenvalue weighted by Gasteiger charge is 2.26. The van der Waals surface area contributed by atoms with E-state index in [4.69, 9.17) is 22.5 Å². The van der Waals surface area contributed by atoms with Gasteiger partial charge in [-0.1, -0.05) is 54.1 Å². The Morgan fingerprint density at radius 3 is 2.45 bits per heavy atom. The van der Waals surface area contributed by atoms with Gasteiger partial charge in [0.05, 0.1) is 12.2 Å². The van der Waals surface area contributed by atoms with Gasteiger partial charge in [0.1, 0.15) is 11.5 Å². The van der Waals surface area contributed by atoms with Gasteiger partial charge in [-0.15, -0.1) is 10.2 Å². The average molecular weight is 458 g/mol. The number of benzene rings is 3. The number of nitrogens with zero attached hydrogens (tertiary/aromatic N) is 5. The van der Waals surface area contributed by atoms with Gasteiger partial charge in [-0.05, 0) is 42.8 Å². The SMILES string of the molecule is Cc1nnc2n1-c1ccccc1C(c1ccc(Cl)cc1)=NN2Cc1ccc(C(=O)NN)cc1. The number of anilines is 1. The molecule has 0 fully saturated rings. The van der Waals surface area contributed by atoms with Crippen molar-refractivity contribution in [1.82, 2.24) is 20.2 Å². The lowest BCUT2D eigenvalue weighted by atomic mass is 10.0. The third-order valence-corrected chi connectivity index (χ3v) is 5.71. The van der Waals surface area contributed by atoms with Gasteiger partial charge in [-0.3, -0.25) is 14.8 Å². The second-order valence-electron chi connectivity index (χ2n) is 7.58. The molecule has 33 heavy (non-hydrogen) atoms. The Hall–Kier alpha value is -4.01. The van der Waals surface area contributed by atoms with E-state index in [0.717, 1.165) is 33.9 Å². The van der Waals surface area contributed by atoms with E-state index in [0.29, 0.717) is 23.1 Å².